The standard InChI is InChI=1S/C20H34N4O3S/c1-21-19(23-16-20(13-14-27-4)11-5-6-12-20)22-15-17-7-9-18(10-8-17)28(25,26)24(2)3/h7-10H,5-6,11-16H2,1-4H3,(H2,21,22,23). The first-order valence-corrected chi connectivity index (χ1v) is 11.2. The van der Waals surface area contributed by atoms with Crippen LogP contribution < -0.4 is 10.6 Å². The van der Waals surface area contributed by atoms with E-state index < -0.39 is 10.0 Å². The lowest BCUT2D eigenvalue weighted by Gasteiger charge is -2.30. The minimum atomic E-state index is -3.40. The summed E-state index contributed by atoms with van der Waals surface area (Å²) in [5.41, 5.74) is 1.28. The lowest BCUT2D eigenvalue weighted by atomic mass is 9.83. The SMILES string of the molecule is CN=C(NCc1ccc(S(=O)(=O)N(C)C)cc1)NCC1(CCOC)CCCC1. The van der Waals surface area contributed by atoms with Gasteiger partial charge in [0.25, 0.3) is 0 Å². The molecule has 0 radical (unpaired) electrons. The number of benzene rings is 1. The molecule has 0 bridgehead atoms. The Morgan fingerprint density at radius 2 is 1.82 bits per heavy atom. The molecule has 28 heavy (non-hydrogen) atoms. The number of methoxy groups -OCH3 is 1. The fraction of sp³-hybridized carbons (Fsp3) is 0.650. The predicted octanol–water partition coefficient (Wildman–Crippen LogP) is 2.20. The van der Waals surface area contributed by atoms with Crippen LogP contribution in [0.4, 0.5) is 0 Å². The third kappa shape index (κ3) is 5.93. The lowest BCUT2D eigenvalue weighted by Crippen LogP contribution is -2.43. The van der Waals surface area contributed by atoms with Crippen molar-refractivity contribution in [3.05, 3.63) is 29.8 Å². The highest BCUT2D eigenvalue weighted by Crippen LogP contribution is 2.40. The number of aliphatic imine (C=N–C) groups is 1. The molecule has 0 aliphatic heterocycles. The average molecular weight is 411 g/mol. The van der Waals surface area contributed by atoms with Crippen LogP contribution in [-0.4, -0.2) is 60.1 Å². The zero-order valence-electron chi connectivity index (χ0n) is 17.5. The second-order valence-electron chi connectivity index (χ2n) is 7.66. The van der Waals surface area contributed by atoms with E-state index in [1.807, 2.05) is 12.1 Å². The number of nitrogens with one attached hydrogen (secondary N) is 2. The van der Waals surface area contributed by atoms with Gasteiger partial charge in [0, 0.05) is 47.9 Å². The predicted molar refractivity (Wildman–Crippen MR) is 113 cm³/mol. The summed E-state index contributed by atoms with van der Waals surface area (Å²) in [5.74, 6) is 0.758. The third-order valence-electron chi connectivity index (χ3n) is 5.52. The first-order chi connectivity index (χ1) is 13.3. The van der Waals surface area contributed by atoms with Crippen LogP contribution in [0.3, 0.4) is 0 Å². The summed E-state index contributed by atoms with van der Waals surface area (Å²) >= 11 is 0. The van der Waals surface area contributed by atoms with Crippen LogP contribution in [0.25, 0.3) is 0 Å². The molecule has 7 nitrogen and oxygen atoms in total. The summed E-state index contributed by atoms with van der Waals surface area (Å²) in [4.78, 5) is 4.61. The smallest absolute Gasteiger partial charge is 0.242 e. The molecule has 0 saturated heterocycles. The van der Waals surface area contributed by atoms with E-state index in [0.717, 1.165) is 31.1 Å². The number of hydrogen-bond donors (Lipinski definition) is 2. The fourth-order valence-electron chi connectivity index (χ4n) is 3.63. The summed E-state index contributed by atoms with van der Waals surface area (Å²) in [6, 6.07) is 6.93. The number of sulfonamides is 1. The molecule has 0 heterocycles. The first kappa shape index (κ1) is 22.6. The monoisotopic (exact) mass is 410 g/mol. The number of ether oxygens (including phenoxy) is 1. The molecule has 2 rings (SSSR count). The van der Waals surface area contributed by atoms with E-state index in [-0.39, 0.29) is 5.41 Å². The van der Waals surface area contributed by atoms with Crippen LogP contribution >= 0.6 is 0 Å². The van der Waals surface area contributed by atoms with Crippen molar-refractivity contribution in [2.45, 2.75) is 43.5 Å². The molecule has 1 aromatic rings. The van der Waals surface area contributed by atoms with E-state index in [1.54, 1.807) is 26.3 Å². The average Bonchev–Trinajstić information content (AvgIpc) is 3.16. The highest BCUT2D eigenvalue weighted by atomic mass is 32.2. The van der Waals surface area contributed by atoms with E-state index in [0.29, 0.717) is 11.4 Å². The molecular weight excluding hydrogens is 376 g/mol. The molecule has 0 unspecified atom stereocenters. The second-order valence-corrected chi connectivity index (χ2v) is 9.81. The van der Waals surface area contributed by atoms with E-state index >= 15 is 0 Å². The van der Waals surface area contributed by atoms with Gasteiger partial charge in [0.1, 0.15) is 0 Å². The summed E-state index contributed by atoms with van der Waals surface area (Å²) in [5, 5.41) is 6.77. The third-order valence-corrected chi connectivity index (χ3v) is 7.35. The number of hydrogen-bond acceptors (Lipinski definition) is 4. The molecule has 158 valence electrons. The number of nitrogens with zero attached hydrogens (tertiary/aromatic N) is 2. The Hall–Kier alpha value is -1.64. The molecule has 8 heteroatoms. The van der Waals surface area contributed by atoms with E-state index in [1.165, 1.54) is 44.1 Å². The Balaban J connectivity index is 1.90. The van der Waals surface area contributed by atoms with Gasteiger partial charge in [0.05, 0.1) is 4.90 Å². The van der Waals surface area contributed by atoms with Gasteiger partial charge in [-0.2, -0.15) is 0 Å². The highest BCUT2D eigenvalue weighted by Gasteiger charge is 2.33. The van der Waals surface area contributed by atoms with Crippen LogP contribution in [0.2, 0.25) is 0 Å². The molecule has 2 N–H and O–H groups in total. The quantitative estimate of drug-likeness (QED) is 0.482. The van der Waals surface area contributed by atoms with Gasteiger partial charge < -0.3 is 15.4 Å². The Morgan fingerprint density at radius 3 is 2.36 bits per heavy atom. The molecule has 1 aliphatic carbocycles. The van der Waals surface area contributed by atoms with E-state index in [4.69, 9.17) is 4.74 Å². The molecule has 0 spiro atoms. The summed E-state index contributed by atoms with van der Waals surface area (Å²) in [6.07, 6.45) is 6.07. The van der Waals surface area contributed by atoms with Crippen molar-refractivity contribution in [1.29, 1.82) is 0 Å². The number of guanidine groups is 1. The van der Waals surface area contributed by atoms with Gasteiger partial charge in [-0.25, -0.2) is 12.7 Å². The number of rotatable bonds is 9. The second kappa shape index (κ2) is 10.2. The largest absolute Gasteiger partial charge is 0.385 e. The fourth-order valence-corrected chi connectivity index (χ4v) is 4.53. The van der Waals surface area contributed by atoms with E-state index in [2.05, 4.69) is 15.6 Å². The van der Waals surface area contributed by atoms with Crippen LogP contribution in [0, 0.1) is 5.41 Å². The summed E-state index contributed by atoms with van der Waals surface area (Å²) < 4.78 is 30.8. The first-order valence-electron chi connectivity index (χ1n) is 9.78. The molecule has 1 aromatic carbocycles. The van der Waals surface area contributed by atoms with Gasteiger partial charge in [0.2, 0.25) is 10.0 Å². The van der Waals surface area contributed by atoms with Crippen LogP contribution in [-0.2, 0) is 21.3 Å². The van der Waals surface area contributed by atoms with Crippen molar-refractivity contribution in [3.63, 3.8) is 0 Å². The van der Waals surface area contributed by atoms with Crippen LogP contribution in [0.15, 0.2) is 34.2 Å². The van der Waals surface area contributed by atoms with Crippen molar-refractivity contribution in [3.8, 4) is 0 Å². The zero-order valence-corrected chi connectivity index (χ0v) is 18.3. The van der Waals surface area contributed by atoms with Gasteiger partial charge in [-0.3, -0.25) is 4.99 Å². The maximum Gasteiger partial charge on any atom is 0.242 e. The Labute approximate surface area is 169 Å². The van der Waals surface area contributed by atoms with Gasteiger partial charge in [-0.1, -0.05) is 25.0 Å². The Morgan fingerprint density at radius 1 is 1.18 bits per heavy atom. The molecule has 1 fully saturated rings. The van der Waals surface area contributed by atoms with Gasteiger partial charge in [-0.15, -0.1) is 0 Å². The highest BCUT2D eigenvalue weighted by molar-refractivity contribution is 7.89. The summed E-state index contributed by atoms with van der Waals surface area (Å²) in [6.45, 7) is 2.25. The van der Waals surface area contributed by atoms with Crippen molar-refractivity contribution in [1.82, 2.24) is 14.9 Å². The minimum Gasteiger partial charge on any atom is -0.385 e. The topological polar surface area (TPSA) is 83.0 Å². The van der Waals surface area contributed by atoms with Crippen molar-refractivity contribution >= 4 is 16.0 Å². The minimum absolute atomic E-state index is 0.288. The van der Waals surface area contributed by atoms with Gasteiger partial charge >= 0.3 is 0 Å². The normalized spacial score (nSPS) is 17.1. The lowest BCUT2D eigenvalue weighted by molar-refractivity contribution is 0.138. The Kier molecular flexibility index (Phi) is 8.27. The van der Waals surface area contributed by atoms with Crippen LogP contribution in [0.5, 0.6) is 0 Å². The maximum atomic E-state index is 12.1. The molecule has 0 atom stereocenters. The summed E-state index contributed by atoms with van der Waals surface area (Å²) in [7, 11) is 3.19. The molecule has 0 amide bonds. The zero-order chi connectivity index (χ0) is 20.6. The molecule has 0 aromatic heterocycles. The Bertz CT molecular complexity index is 739. The van der Waals surface area contributed by atoms with Crippen molar-refractivity contribution < 1.29 is 13.2 Å². The molecule has 1 aliphatic rings. The van der Waals surface area contributed by atoms with Gasteiger partial charge in [0.15, 0.2) is 5.96 Å². The van der Waals surface area contributed by atoms with Crippen molar-refractivity contribution in [2.24, 2.45) is 10.4 Å². The molecule has 1 saturated carbocycles. The van der Waals surface area contributed by atoms with Crippen molar-refractivity contribution in [2.75, 3.05) is 41.4 Å². The van der Waals surface area contributed by atoms with E-state index in [9.17, 15) is 8.42 Å². The van der Waals surface area contributed by atoms with Crippen LogP contribution in [0.1, 0.15) is 37.7 Å². The maximum absolute atomic E-state index is 12.1. The van der Waals surface area contributed by atoms with Gasteiger partial charge in [-0.05, 0) is 42.4 Å². The molecular formula is C20H34N4O3S.